The second-order valence-corrected chi connectivity index (χ2v) is 9.58. The molecule has 2 saturated carbocycles. The van der Waals surface area contributed by atoms with Gasteiger partial charge < -0.3 is 15.9 Å². The number of benzene rings is 2. The van der Waals surface area contributed by atoms with Crippen LogP contribution in [0.2, 0.25) is 0 Å². The van der Waals surface area contributed by atoms with Gasteiger partial charge in [-0.25, -0.2) is 4.39 Å². The molecule has 0 saturated heterocycles. The van der Waals surface area contributed by atoms with E-state index in [-0.39, 0.29) is 24.0 Å². The maximum atomic E-state index is 13.9. The standard InChI is InChI=1S/C26H20FNO8/c27-16-3-1-10(5-12(16)9-29)14-2-4-17(30)20-15(14)7-11-6-13-8-18(31)21(25(28)35)24(34)26(13,36)23(33)19(11)22(20)32/h1-5,9,11,13,19,21,30,36H,6-8H2,(H2,28,35)/t11-,13+,19?,21?,26+/m1/s1. The third-order valence-corrected chi connectivity index (χ3v) is 7.72. The summed E-state index contributed by atoms with van der Waals surface area (Å²) in [5, 5.41) is 21.7. The van der Waals surface area contributed by atoms with Crippen molar-refractivity contribution in [2.75, 3.05) is 0 Å². The molecule has 3 aliphatic carbocycles. The molecule has 10 heteroatoms. The van der Waals surface area contributed by atoms with E-state index in [4.69, 9.17) is 5.73 Å². The van der Waals surface area contributed by atoms with Gasteiger partial charge in [0, 0.05) is 12.3 Å². The van der Waals surface area contributed by atoms with Gasteiger partial charge in [-0.1, -0.05) is 12.1 Å². The van der Waals surface area contributed by atoms with Gasteiger partial charge in [0.15, 0.2) is 40.9 Å². The number of phenols is 1. The van der Waals surface area contributed by atoms with Crippen LogP contribution in [0.5, 0.6) is 5.75 Å². The summed E-state index contributed by atoms with van der Waals surface area (Å²) in [4.78, 5) is 75.4. The van der Waals surface area contributed by atoms with Crippen LogP contribution in [0.1, 0.15) is 39.1 Å². The van der Waals surface area contributed by atoms with Crippen LogP contribution in [-0.2, 0) is 25.6 Å². The molecular formula is C26H20FNO8. The van der Waals surface area contributed by atoms with Gasteiger partial charge in [0.05, 0.1) is 17.0 Å². The summed E-state index contributed by atoms with van der Waals surface area (Å²) in [7, 11) is 0. The number of primary amides is 1. The molecule has 36 heavy (non-hydrogen) atoms. The smallest absolute Gasteiger partial charge is 0.235 e. The normalized spacial score (nSPS) is 29.3. The highest BCUT2D eigenvalue weighted by Crippen LogP contribution is 2.51. The average Bonchev–Trinajstić information content (AvgIpc) is 2.82. The van der Waals surface area contributed by atoms with Crippen LogP contribution in [0.15, 0.2) is 30.3 Å². The number of aromatic hydroxyl groups is 1. The van der Waals surface area contributed by atoms with Gasteiger partial charge in [0.25, 0.3) is 0 Å². The molecule has 5 rings (SSSR count). The minimum Gasteiger partial charge on any atom is -0.507 e. The van der Waals surface area contributed by atoms with Crippen molar-refractivity contribution in [3.05, 3.63) is 52.8 Å². The molecule has 9 nitrogen and oxygen atoms in total. The zero-order valence-electron chi connectivity index (χ0n) is 18.7. The summed E-state index contributed by atoms with van der Waals surface area (Å²) in [6, 6.07) is 6.56. The summed E-state index contributed by atoms with van der Waals surface area (Å²) >= 11 is 0. The zero-order valence-corrected chi connectivity index (χ0v) is 18.7. The van der Waals surface area contributed by atoms with Crippen molar-refractivity contribution < 1.29 is 43.4 Å². The Morgan fingerprint density at radius 3 is 2.47 bits per heavy atom. The van der Waals surface area contributed by atoms with E-state index in [1.807, 2.05) is 0 Å². The van der Waals surface area contributed by atoms with Crippen molar-refractivity contribution in [2.45, 2.75) is 24.9 Å². The maximum Gasteiger partial charge on any atom is 0.235 e. The van der Waals surface area contributed by atoms with E-state index in [1.54, 1.807) is 0 Å². The summed E-state index contributed by atoms with van der Waals surface area (Å²) in [5.41, 5.74) is 3.30. The van der Waals surface area contributed by atoms with Crippen LogP contribution in [0.25, 0.3) is 11.1 Å². The first-order valence-corrected chi connectivity index (χ1v) is 11.3. The fraction of sp³-hybridized carbons (Fsp3) is 0.308. The molecule has 2 unspecified atom stereocenters. The Kier molecular flexibility index (Phi) is 5.26. The number of aliphatic hydroxyl groups is 1. The lowest BCUT2D eigenvalue weighted by atomic mass is 9.53. The fourth-order valence-electron chi connectivity index (χ4n) is 6.04. The predicted molar refractivity (Wildman–Crippen MR) is 119 cm³/mol. The zero-order chi connectivity index (χ0) is 26.1. The van der Waals surface area contributed by atoms with Gasteiger partial charge in [-0.2, -0.15) is 0 Å². The molecule has 0 bridgehead atoms. The van der Waals surface area contributed by atoms with Crippen LogP contribution in [-0.4, -0.2) is 51.1 Å². The van der Waals surface area contributed by atoms with Crippen molar-refractivity contribution >= 4 is 35.3 Å². The van der Waals surface area contributed by atoms with E-state index < -0.39 is 76.3 Å². The lowest BCUT2D eigenvalue weighted by molar-refractivity contribution is -0.175. The Morgan fingerprint density at radius 2 is 1.81 bits per heavy atom. The van der Waals surface area contributed by atoms with Gasteiger partial charge in [0.2, 0.25) is 5.91 Å². The lowest BCUT2D eigenvalue weighted by Gasteiger charge is -2.48. The molecule has 3 aliphatic rings. The number of halogens is 1. The van der Waals surface area contributed by atoms with E-state index in [0.717, 1.165) is 6.07 Å². The van der Waals surface area contributed by atoms with Crippen molar-refractivity contribution in [3.63, 3.8) is 0 Å². The van der Waals surface area contributed by atoms with Gasteiger partial charge in [-0.3, -0.25) is 28.8 Å². The first-order chi connectivity index (χ1) is 17.0. The first-order valence-electron chi connectivity index (χ1n) is 11.3. The monoisotopic (exact) mass is 493 g/mol. The SMILES string of the molecule is NC(=O)C1C(=O)C[C@@H]2C[C@@H]3Cc4c(-c5ccc(F)c(C=O)c5)ccc(O)c4C(=O)C3C(=O)[C@]2(O)C1=O. The number of amides is 1. The topological polar surface area (TPSA) is 169 Å². The minimum absolute atomic E-state index is 0.0425. The van der Waals surface area contributed by atoms with E-state index in [0.29, 0.717) is 23.0 Å². The maximum absolute atomic E-state index is 13.9. The highest BCUT2D eigenvalue weighted by molar-refractivity contribution is 6.31. The predicted octanol–water partition coefficient (Wildman–Crippen LogP) is 0.945. The molecule has 0 radical (unpaired) electrons. The number of carbonyl (C=O) groups excluding carboxylic acids is 6. The molecule has 1 amide bonds. The Labute approximate surface area is 203 Å². The van der Waals surface area contributed by atoms with Crippen LogP contribution in [0, 0.1) is 29.5 Å². The summed E-state index contributed by atoms with van der Waals surface area (Å²) < 4.78 is 13.9. The molecule has 5 atom stereocenters. The van der Waals surface area contributed by atoms with Crippen molar-refractivity contribution in [1.29, 1.82) is 0 Å². The molecule has 184 valence electrons. The Bertz CT molecular complexity index is 1410. The highest BCUT2D eigenvalue weighted by Gasteiger charge is 2.66. The van der Waals surface area contributed by atoms with Gasteiger partial charge >= 0.3 is 0 Å². The molecule has 2 aromatic carbocycles. The minimum atomic E-state index is -2.72. The fourth-order valence-corrected chi connectivity index (χ4v) is 6.04. The summed E-state index contributed by atoms with van der Waals surface area (Å²) in [6.45, 7) is 0. The number of nitrogens with two attached hydrogens (primary N) is 1. The Hall–Kier alpha value is -4.05. The molecule has 0 spiro atoms. The van der Waals surface area contributed by atoms with E-state index >= 15 is 0 Å². The number of Topliss-reactive ketones (excluding diaryl/α,β-unsaturated/α-hetero) is 4. The van der Waals surface area contributed by atoms with E-state index in [2.05, 4.69) is 0 Å². The number of phenolic OH excluding ortho intramolecular Hbond substituents is 1. The molecular weight excluding hydrogens is 473 g/mol. The first kappa shape index (κ1) is 23.7. The third-order valence-electron chi connectivity index (χ3n) is 7.72. The van der Waals surface area contributed by atoms with Crippen molar-refractivity contribution in [1.82, 2.24) is 0 Å². The lowest BCUT2D eigenvalue weighted by Crippen LogP contribution is -2.68. The molecule has 0 aliphatic heterocycles. The van der Waals surface area contributed by atoms with Crippen LogP contribution < -0.4 is 5.73 Å². The van der Waals surface area contributed by atoms with Crippen LogP contribution in [0.4, 0.5) is 4.39 Å². The van der Waals surface area contributed by atoms with E-state index in [9.17, 15) is 43.4 Å². The molecule has 2 fully saturated rings. The quantitative estimate of drug-likeness (QED) is 0.419. The van der Waals surface area contributed by atoms with Crippen LogP contribution >= 0.6 is 0 Å². The van der Waals surface area contributed by atoms with Gasteiger partial charge in [-0.15, -0.1) is 0 Å². The number of hydrogen-bond donors (Lipinski definition) is 3. The van der Waals surface area contributed by atoms with E-state index in [1.165, 1.54) is 24.3 Å². The number of ketones is 4. The number of hydrogen-bond acceptors (Lipinski definition) is 8. The number of fused-ring (bicyclic) bond motifs is 3. The molecule has 2 aromatic rings. The van der Waals surface area contributed by atoms with Gasteiger partial charge in [0.1, 0.15) is 11.6 Å². The van der Waals surface area contributed by atoms with Crippen molar-refractivity contribution in [2.24, 2.45) is 29.4 Å². The largest absolute Gasteiger partial charge is 0.507 e. The molecule has 0 aromatic heterocycles. The van der Waals surface area contributed by atoms with Crippen LogP contribution in [0.3, 0.4) is 0 Å². The Balaban J connectivity index is 1.62. The Morgan fingerprint density at radius 1 is 1.08 bits per heavy atom. The van der Waals surface area contributed by atoms with Crippen molar-refractivity contribution in [3.8, 4) is 16.9 Å². The third kappa shape index (κ3) is 3.10. The summed E-state index contributed by atoms with van der Waals surface area (Å²) in [6.07, 6.45) is -0.0499. The molecule has 0 heterocycles. The average molecular weight is 493 g/mol. The number of rotatable bonds is 3. The second-order valence-electron chi connectivity index (χ2n) is 9.58. The second kappa shape index (κ2) is 7.99. The highest BCUT2D eigenvalue weighted by atomic mass is 19.1. The number of aldehydes is 1. The van der Waals surface area contributed by atoms with Gasteiger partial charge in [-0.05, 0) is 53.6 Å². The molecule has 4 N–H and O–H groups in total. The summed E-state index contributed by atoms with van der Waals surface area (Å²) in [5.74, 6) is -11.7. The number of carbonyl (C=O) groups is 6.